The van der Waals surface area contributed by atoms with E-state index in [-0.39, 0.29) is 5.82 Å². The van der Waals surface area contributed by atoms with Crippen molar-refractivity contribution in [3.8, 4) is 0 Å². The van der Waals surface area contributed by atoms with Crippen molar-refractivity contribution >= 4 is 11.6 Å². The standard InChI is InChI=1S/C8H8N6O/c1-5-2-6(4-9-3-5)10-8(15)7-11-13-14-12-7/h2-4H,1H3,(H,10,15)(H,11,12,13,14). The lowest BCUT2D eigenvalue weighted by atomic mass is 10.3. The lowest BCUT2D eigenvalue weighted by molar-refractivity contribution is 0.101. The van der Waals surface area contributed by atoms with Crippen LogP contribution in [0.2, 0.25) is 0 Å². The third-order valence-corrected chi connectivity index (χ3v) is 1.68. The number of aromatic amines is 1. The van der Waals surface area contributed by atoms with Crippen molar-refractivity contribution in [2.75, 3.05) is 5.32 Å². The Balaban J connectivity index is 2.13. The molecule has 0 saturated carbocycles. The van der Waals surface area contributed by atoms with E-state index in [2.05, 4.69) is 30.9 Å². The molecule has 76 valence electrons. The number of pyridine rings is 1. The molecule has 0 unspecified atom stereocenters. The first-order valence-electron chi connectivity index (χ1n) is 4.22. The molecule has 2 N–H and O–H groups in total. The van der Waals surface area contributed by atoms with E-state index < -0.39 is 5.91 Å². The minimum Gasteiger partial charge on any atom is -0.318 e. The molecule has 0 spiro atoms. The Morgan fingerprint density at radius 3 is 3.00 bits per heavy atom. The van der Waals surface area contributed by atoms with E-state index in [4.69, 9.17) is 0 Å². The molecule has 15 heavy (non-hydrogen) atoms. The van der Waals surface area contributed by atoms with Gasteiger partial charge in [-0.15, -0.1) is 10.2 Å². The first kappa shape index (κ1) is 9.25. The summed E-state index contributed by atoms with van der Waals surface area (Å²) in [6.45, 7) is 1.89. The van der Waals surface area contributed by atoms with E-state index in [9.17, 15) is 4.79 Å². The highest BCUT2D eigenvalue weighted by molar-refractivity contribution is 6.01. The first-order chi connectivity index (χ1) is 7.25. The van der Waals surface area contributed by atoms with E-state index in [1.165, 1.54) is 0 Å². The van der Waals surface area contributed by atoms with Crippen LogP contribution in [0.3, 0.4) is 0 Å². The molecule has 0 aliphatic heterocycles. The molecule has 0 atom stereocenters. The van der Waals surface area contributed by atoms with Crippen molar-refractivity contribution in [3.05, 3.63) is 29.8 Å². The summed E-state index contributed by atoms with van der Waals surface area (Å²) in [5, 5.41) is 15.2. The Morgan fingerprint density at radius 2 is 2.33 bits per heavy atom. The van der Waals surface area contributed by atoms with Gasteiger partial charge >= 0.3 is 0 Å². The first-order valence-corrected chi connectivity index (χ1v) is 4.22. The molecule has 0 aliphatic carbocycles. The highest BCUT2D eigenvalue weighted by Gasteiger charge is 2.10. The topological polar surface area (TPSA) is 96.5 Å². The number of aryl methyl sites for hydroxylation is 1. The summed E-state index contributed by atoms with van der Waals surface area (Å²) in [6, 6.07) is 1.80. The predicted octanol–water partition coefficient (Wildman–Crippen LogP) is 0.155. The highest BCUT2D eigenvalue weighted by Crippen LogP contribution is 2.07. The van der Waals surface area contributed by atoms with Gasteiger partial charge in [-0.3, -0.25) is 9.78 Å². The van der Waals surface area contributed by atoms with Crippen LogP contribution in [-0.2, 0) is 0 Å². The zero-order valence-corrected chi connectivity index (χ0v) is 7.93. The van der Waals surface area contributed by atoms with E-state index in [0.29, 0.717) is 5.69 Å². The number of tetrazole rings is 1. The summed E-state index contributed by atoms with van der Waals surface area (Å²) in [5.74, 6) is -0.423. The summed E-state index contributed by atoms with van der Waals surface area (Å²) < 4.78 is 0. The van der Waals surface area contributed by atoms with Crippen LogP contribution in [0.25, 0.3) is 0 Å². The Kier molecular flexibility index (Phi) is 2.36. The Bertz CT molecular complexity index is 466. The second-order valence-corrected chi connectivity index (χ2v) is 2.94. The van der Waals surface area contributed by atoms with Gasteiger partial charge < -0.3 is 5.32 Å². The quantitative estimate of drug-likeness (QED) is 0.726. The molecule has 0 fully saturated rings. The molecule has 0 saturated heterocycles. The number of rotatable bonds is 2. The van der Waals surface area contributed by atoms with Crippen molar-refractivity contribution in [1.29, 1.82) is 0 Å². The number of carbonyl (C=O) groups excluding carboxylic acids is 1. The van der Waals surface area contributed by atoms with Crippen LogP contribution >= 0.6 is 0 Å². The molecule has 0 aromatic carbocycles. The van der Waals surface area contributed by atoms with Gasteiger partial charge in [-0.25, -0.2) is 0 Å². The molecule has 2 heterocycles. The number of hydrogen-bond acceptors (Lipinski definition) is 5. The Hall–Kier alpha value is -2.31. The number of H-pyrrole nitrogens is 1. The SMILES string of the molecule is Cc1cncc(NC(=O)c2nn[nH]n2)c1. The van der Waals surface area contributed by atoms with Crippen molar-refractivity contribution in [3.63, 3.8) is 0 Å². The summed E-state index contributed by atoms with van der Waals surface area (Å²) in [6.07, 6.45) is 3.25. The van der Waals surface area contributed by atoms with Crippen LogP contribution in [0, 0.1) is 6.92 Å². The predicted molar refractivity (Wildman–Crippen MR) is 51.1 cm³/mol. The number of aromatic nitrogens is 5. The van der Waals surface area contributed by atoms with Gasteiger partial charge in [0.2, 0.25) is 0 Å². The number of carbonyl (C=O) groups is 1. The average Bonchev–Trinajstić information content (AvgIpc) is 2.70. The van der Waals surface area contributed by atoms with Crippen molar-refractivity contribution in [2.24, 2.45) is 0 Å². The van der Waals surface area contributed by atoms with Gasteiger partial charge in [0.15, 0.2) is 0 Å². The van der Waals surface area contributed by atoms with Gasteiger partial charge in [0.05, 0.1) is 11.9 Å². The maximum Gasteiger partial charge on any atom is 0.297 e. The van der Waals surface area contributed by atoms with Gasteiger partial charge in [0.25, 0.3) is 11.7 Å². The minimum absolute atomic E-state index is 0.00324. The zero-order valence-electron chi connectivity index (χ0n) is 7.93. The fourth-order valence-corrected chi connectivity index (χ4v) is 1.07. The maximum absolute atomic E-state index is 11.5. The molecule has 0 bridgehead atoms. The van der Waals surface area contributed by atoms with Gasteiger partial charge in [-0.1, -0.05) is 0 Å². The van der Waals surface area contributed by atoms with Crippen molar-refractivity contribution < 1.29 is 4.79 Å². The van der Waals surface area contributed by atoms with Crippen LogP contribution < -0.4 is 5.32 Å². The summed E-state index contributed by atoms with van der Waals surface area (Å²) >= 11 is 0. The third kappa shape index (κ3) is 2.13. The van der Waals surface area contributed by atoms with Crippen LogP contribution in [0.1, 0.15) is 16.2 Å². The average molecular weight is 204 g/mol. The molecule has 7 nitrogen and oxygen atoms in total. The lowest BCUT2D eigenvalue weighted by Gasteiger charge is -2.01. The lowest BCUT2D eigenvalue weighted by Crippen LogP contribution is -2.14. The second-order valence-electron chi connectivity index (χ2n) is 2.94. The molecule has 2 aromatic heterocycles. The van der Waals surface area contributed by atoms with Gasteiger partial charge in [-0.05, 0) is 23.8 Å². The molecular weight excluding hydrogens is 196 g/mol. The molecule has 0 radical (unpaired) electrons. The number of amides is 1. The number of hydrogen-bond donors (Lipinski definition) is 2. The molecule has 2 rings (SSSR count). The zero-order chi connectivity index (χ0) is 10.7. The van der Waals surface area contributed by atoms with Crippen molar-refractivity contribution in [2.45, 2.75) is 6.92 Å². The fourth-order valence-electron chi connectivity index (χ4n) is 1.07. The second kappa shape index (κ2) is 3.82. The monoisotopic (exact) mass is 204 g/mol. The van der Waals surface area contributed by atoms with Crippen LogP contribution in [0.4, 0.5) is 5.69 Å². The molecule has 1 amide bonds. The van der Waals surface area contributed by atoms with E-state index >= 15 is 0 Å². The fraction of sp³-hybridized carbons (Fsp3) is 0.125. The van der Waals surface area contributed by atoms with Gasteiger partial charge in [-0.2, -0.15) is 5.21 Å². The van der Waals surface area contributed by atoms with Crippen molar-refractivity contribution in [1.82, 2.24) is 25.6 Å². The van der Waals surface area contributed by atoms with Crippen LogP contribution in [0.15, 0.2) is 18.5 Å². The van der Waals surface area contributed by atoms with E-state index in [1.807, 2.05) is 6.92 Å². The minimum atomic E-state index is -0.420. The van der Waals surface area contributed by atoms with Gasteiger partial charge in [0.1, 0.15) is 0 Å². The number of anilines is 1. The molecule has 2 aromatic rings. The summed E-state index contributed by atoms with van der Waals surface area (Å²) in [5.41, 5.74) is 1.56. The smallest absolute Gasteiger partial charge is 0.297 e. The molecular formula is C8H8N6O. The Morgan fingerprint density at radius 1 is 1.47 bits per heavy atom. The van der Waals surface area contributed by atoms with E-state index in [1.54, 1.807) is 18.5 Å². The largest absolute Gasteiger partial charge is 0.318 e. The Labute approximate surface area is 84.9 Å². The summed E-state index contributed by atoms with van der Waals surface area (Å²) in [7, 11) is 0. The van der Waals surface area contributed by atoms with E-state index in [0.717, 1.165) is 5.56 Å². The third-order valence-electron chi connectivity index (χ3n) is 1.68. The number of nitrogens with zero attached hydrogens (tertiary/aromatic N) is 4. The summed E-state index contributed by atoms with van der Waals surface area (Å²) in [4.78, 5) is 15.4. The van der Waals surface area contributed by atoms with Crippen LogP contribution in [-0.4, -0.2) is 31.5 Å². The highest BCUT2D eigenvalue weighted by atomic mass is 16.2. The molecule has 0 aliphatic rings. The van der Waals surface area contributed by atoms with Gasteiger partial charge in [0, 0.05) is 6.20 Å². The molecule has 7 heteroatoms. The number of nitrogens with one attached hydrogen (secondary N) is 2. The normalized spacial score (nSPS) is 9.93. The van der Waals surface area contributed by atoms with Crippen LogP contribution in [0.5, 0.6) is 0 Å². The maximum atomic E-state index is 11.5.